The number of benzene rings is 2. The van der Waals surface area contributed by atoms with E-state index in [4.69, 9.17) is 14.0 Å². The molecule has 0 fully saturated rings. The molecule has 0 atom stereocenters. The first-order chi connectivity index (χ1) is 12.6. The van der Waals surface area contributed by atoms with Crippen molar-refractivity contribution in [3.63, 3.8) is 0 Å². The maximum atomic E-state index is 10.8. The van der Waals surface area contributed by atoms with E-state index in [-0.39, 0.29) is 12.2 Å². The second kappa shape index (κ2) is 7.51. The highest BCUT2D eigenvalue weighted by molar-refractivity contribution is 5.60. The highest BCUT2D eigenvalue weighted by Crippen LogP contribution is 2.31. The number of rotatable bonds is 7. The van der Waals surface area contributed by atoms with Crippen LogP contribution in [0, 0.1) is 10.1 Å². The minimum atomic E-state index is -0.451. The molecule has 0 amide bonds. The lowest BCUT2D eigenvalue weighted by Crippen LogP contribution is -2.00. The third-order valence-corrected chi connectivity index (χ3v) is 3.61. The summed E-state index contributed by atoms with van der Waals surface area (Å²) in [6.07, 6.45) is 0. The van der Waals surface area contributed by atoms with Gasteiger partial charge in [-0.2, -0.15) is 4.98 Å². The van der Waals surface area contributed by atoms with E-state index in [1.54, 1.807) is 44.6 Å². The Morgan fingerprint density at radius 3 is 2.69 bits per heavy atom. The molecule has 9 heteroatoms. The first-order valence-electron chi connectivity index (χ1n) is 7.64. The molecule has 0 aliphatic rings. The van der Waals surface area contributed by atoms with E-state index in [0.29, 0.717) is 34.5 Å². The molecule has 2 aromatic carbocycles. The van der Waals surface area contributed by atoms with Crippen LogP contribution in [-0.4, -0.2) is 29.3 Å². The number of nitro benzene ring substituents is 1. The Hall–Kier alpha value is -3.62. The predicted molar refractivity (Wildman–Crippen MR) is 93.3 cm³/mol. The van der Waals surface area contributed by atoms with Crippen molar-refractivity contribution in [1.29, 1.82) is 0 Å². The molecule has 0 radical (unpaired) electrons. The van der Waals surface area contributed by atoms with Gasteiger partial charge in [0.05, 0.1) is 25.7 Å². The lowest BCUT2D eigenvalue weighted by Gasteiger charge is -2.07. The van der Waals surface area contributed by atoms with Crippen molar-refractivity contribution in [2.45, 2.75) is 6.54 Å². The first kappa shape index (κ1) is 17.2. The zero-order valence-corrected chi connectivity index (χ0v) is 14.1. The summed E-state index contributed by atoms with van der Waals surface area (Å²) in [6.45, 7) is 0.238. The van der Waals surface area contributed by atoms with Gasteiger partial charge in [0.25, 0.3) is 5.69 Å². The summed E-state index contributed by atoms with van der Waals surface area (Å²) in [7, 11) is 3.11. The van der Waals surface area contributed by atoms with Crippen LogP contribution in [0.4, 0.5) is 11.4 Å². The summed E-state index contributed by atoms with van der Waals surface area (Å²) in [4.78, 5) is 14.7. The van der Waals surface area contributed by atoms with Gasteiger partial charge < -0.3 is 19.3 Å². The molecule has 1 heterocycles. The van der Waals surface area contributed by atoms with E-state index < -0.39 is 4.92 Å². The number of aromatic nitrogens is 2. The number of anilines is 1. The highest BCUT2D eigenvalue weighted by Gasteiger charge is 2.12. The number of nitrogens with one attached hydrogen (secondary N) is 1. The van der Waals surface area contributed by atoms with Crippen LogP contribution >= 0.6 is 0 Å². The van der Waals surface area contributed by atoms with Gasteiger partial charge in [0.2, 0.25) is 11.7 Å². The van der Waals surface area contributed by atoms with Crippen LogP contribution in [0.5, 0.6) is 11.5 Å². The molecule has 26 heavy (non-hydrogen) atoms. The van der Waals surface area contributed by atoms with Crippen molar-refractivity contribution in [2.24, 2.45) is 0 Å². The Bertz CT molecular complexity index is 925. The molecule has 3 aromatic rings. The van der Waals surface area contributed by atoms with Gasteiger partial charge in [-0.05, 0) is 24.3 Å². The minimum Gasteiger partial charge on any atom is -0.493 e. The third-order valence-electron chi connectivity index (χ3n) is 3.61. The van der Waals surface area contributed by atoms with Gasteiger partial charge in [-0.1, -0.05) is 11.2 Å². The first-order valence-corrected chi connectivity index (χ1v) is 7.64. The summed E-state index contributed by atoms with van der Waals surface area (Å²) in [5.74, 6) is 1.92. The molecule has 3 rings (SSSR count). The van der Waals surface area contributed by atoms with E-state index in [9.17, 15) is 10.1 Å². The molecule has 1 N–H and O–H groups in total. The normalized spacial score (nSPS) is 10.4. The minimum absolute atomic E-state index is 0.00606. The molecule has 0 aliphatic heterocycles. The number of methoxy groups -OCH3 is 2. The molecule has 0 aliphatic carbocycles. The molecule has 0 bridgehead atoms. The van der Waals surface area contributed by atoms with E-state index in [2.05, 4.69) is 15.5 Å². The average Bonchev–Trinajstić information content (AvgIpc) is 3.15. The maximum absolute atomic E-state index is 10.8. The largest absolute Gasteiger partial charge is 0.493 e. The van der Waals surface area contributed by atoms with Gasteiger partial charge in [-0.15, -0.1) is 0 Å². The molecule has 0 saturated carbocycles. The highest BCUT2D eigenvalue weighted by atomic mass is 16.6. The number of non-ortho nitro benzene ring substituents is 1. The second-order valence-corrected chi connectivity index (χ2v) is 5.24. The fraction of sp³-hybridized carbons (Fsp3) is 0.176. The van der Waals surface area contributed by atoms with Crippen molar-refractivity contribution in [2.75, 3.05) is 19.5 Å². The molecule has 1 aromatic heterocycles. The van der Waals surface area contributed by atoms with Crippen LogP contribution in [0.15, 0.2) is 47.0 Å². The molecule has 0 spiro atoms. The maximum Gasteiger partial charge on any atom is 0.271 e. The van der Waals surface area contributed by atoms with Crippen LogP contribution in [0.3, 0.4) is 0 Å². The lowest BCUT2D eigenvalue weighted by atomic mass is 10.2. The Labute approximate surface area is 148 Å². The topological polar surface area (TPSA) is 113 Å². The molecule has 9 nitrogen and oxygen atoms in total. The number of nitrogens with zero attached hydrogens (tertiary/aromatic N) is 3. The van der Waals surface area contributed by atoms with Crippen LogP contribution in [0.2, 0.25) is 0 Å². The standard InChI is InChI=1S/C17H16N4O5/c1-24-14-7-6-11(8-15(14)25-2)17-19-16(26-20-17)10-18-12-4-3-5-13(9-12)21(22)23/h3-9,18H,10H2,1-2H3. The number of ether oxygens (including phenoxy) is 2. The van der Waals surface area contributed by atoms with E-state index in [0.717, 1.165) is 0 Å². The van der Waals surface area contributed by atoms with Gasteiger partial charge in [0.1, 0.15) is 0 Å². The van der Waals surface area contributed by atoms with Crippen LogP contribution < -0.4 is 14.8 Å². The predicted octanol–water partition coefficient (Wildman–Crippen LogP) is 3.27. The summed E-state index contributed by atoms with van der Waals surface area (Å²) < 4.78 is 15.7. The van der Waals surface area contributed by atoms with Crippen LogP contribution in [0.25, 0.3) is 11.4 Å². The Balaban J connectivity index is 1.72. The van der Waals surface area contributed by atoms with Crippen LogP contribution in [-0.2, 0) is 6.54 Å². The van der Waals surface area contributed by atoms with Gasteiger partial charge in [0, 0.05) is 23.4 Å². The summed E-state index contributed by atoms with van der Waals surface area (Å²) in [5.41, 5.74) is 1.31. The second-order valence-electron chi connectivity index (χ2n) is 5.24. The van der Waals surface area contributed by atoms with Crippen molar-refractivity contribution >= 4 is 11.4 Å². The van der Waals surface area contributed by atoms with Gasteiger partial charge in [0.15, 0.2) is 11.5 Å². The monoisotopic (exact) mass is 356 g/mol. The number of hydrogen-bond acceptors (Lipinski definition) is 8. The van der Waals surface area contributed by atoms with Crippen molar-refractivity contribution in [1.82, 2.24) is 10.1 Å². The molecule has 134 valence electrons. The SMILES string of the molecule is COc1ccc(-c2noc(CNc3cccc([N+](=O)[O-])c3)n2)cc1OC. The van der Waals surface area contributed by atoms with Crippen LogP contribution in [0.1, 0.15) is 5.89 Å². The number of nitro groups is 1. The quantitative estimate of drug-likeness (QED) is 0.507. The van der Waals surface area contributed by atoms with Gasteiger partial charge in [-0.3, -0.25) is 10.1 Å². The van der Waals surface area contributed by atoms with E-state index in [1.807, 2.05) is 0 Å². The number of hydrogen-bond donors (Lipinski definition) is 1. The lowest BCUT2D eigenvalue weighted by molar-refractivity contribution is -0.384. The molecule has 0 saturated heterocycles. The van der Waals surface area contributed by atoms with E-state index in [1.165, 1.54) is 12.1 Å². The Morgan fingerprint density at radius 2 is 1.96 bits per heavy atom. The van der Waals surface area contributed by atoms with Gasteiger partial charge >= 0.3 is 0 Å². The average molecular weight is 356 g/mol. The zero-order chi connectivity index (χ0) is 18.5. The Morgan fingerprint density at radius 1 is 1.15 bits per heavy atom. The van der Waals surface area contributed by atoms with Gasteiger partial charge in [-0.25, -0.2) is 0 Å². The summed E-state index contributed by atoms with van der Waals surface area (Å²) >= 11 is 0. The molecule has 0 unspecified atom stereocenters. The fourth-order valence-electron chi connectivity index (χ4n) is 2.33. The molecular weight excluding hydrogens is 340 g/mol. The summed E-state index contributed by atoms with van der Waals surface area (Å²) in [6, 6.07) is 11.5. The smallest absolute Gasteiger partial charge is 0.271 e. The third kappa shape index (κ3) is 3.72. The van der Waals surface area contributed by atoms with E-state index >= 15 is 0 Å². The van der Waals surface area contributed by atoms with Crippen molar-refractivity contribution < 1.29 is 18.9 Å². The van der Waals surface area contributed by atoms with Crippen molar-refractivity contribution in [3.05, 3.63) is 58.5 Å². The van der Waals surface area contributed by atoms with Crippen molar-refractivity contribution in [3.8, 4) is 22.9 Å². The Kier molecular flexibility index (Phi) is 4.97. The zero-order valence-electron chi connectivity index (χ0n) is 14.1. The fourth-order valence-corrected chi connectivity index (χ4v) is 2.33. The molecular formula is C17H16N4O5. The summed E-state index contributed by atoms with van der Waals surface area (Å²) in [5, 5.41) is 17.8.